The Kier molecular flexibility index (Phi) is 5.08. The lowest BCUT2D eigenvalue weighted by Gasteiger charge is -2.17. The zero-order chi connectivity index (χ0) is 18.4. The van der Waals surface area contributed by atoms with E-state index in [4.69, 9.17) is 4.98 Å². The minimum Gasteiger partial charge on any atom is -0.303 e. The highest BCUT2D eigenvalue weighted by Gasteiger charge is 2.25. The molecule has 8 heteroatoms. The first-order valence-corrected chi connectivity index (χ1v) is 12.9. The molecule has 5 rings (SSSR count). The fourth-order valence-corrected chi connectivity index (χ4v) is 7.25. The maximum absolute atomic E-state index is 5.01. The summed E-state index contributed by atoms with van der Waals surface area (Å²) in [7, 11) is 0. The zero-order valence-corrected chi connectivity index (χ0v) is 18.4. The highest BCUT2D eigenvalue weighted by atomic mass is 32.2. The molecule has 144 valence electrons. The van der Waals surface area contributed by atoms with Gasteiger partial charge in [0.2, 0.25) is 0 Å². The van der Waals surface area contributed by atoms with Crippen LogP contribution >= 0.6 is 34.9 Å². The smallest absolute Gasteiger partial charge is 0.197 e. The van der Waals surface area contributed by atoms with Crippen molar-refractivity contribution in [3.05, 3.63) is 10.4 Å². The van der Waals surface area contributed by atoms with Gasteiger partial charge in [-0.2, -0.15) is 0 Å². The zero-order valence-electron chi connectivity index (χ0n) is 15.9. The molecule has 0 radical (unpaired) electrons. The molecule has 0 N–H and O–H groups in total. The predicted molar refractivity (Wildman–Crippen MR) is 116 cm³/mol. The lowest BCUT2D eigenvalue weighted by Crippen LogP contribution is -2.21. The van der Waals surface area contributed by atoms with Crippen LogP contribution in [0.5, 0.6) is 0 Å². The van der Waals surface area contributed by atoms with Crippen LogP contribution in [0.1, 0.15) is 36.6 Å². The fourth-order valence-electron chi connectivity index (χ4n) is 4.29. The molecule has 1 aliphatic carbocycles. The van der Waals surface area contributed by atoms with E-state index in [1.54, 1.807) is 11.8 Å². The van der Waals surface area contributed by atoms with Crippen LogP contribution in [0.3, 0.4) is 0 Å². The van der Waals surface area contributed by atoms with E-state index in [0.717, 1.165) is 45.4 Å². The van der Waals surface area contributed by atoms with Crippen molar-refractivity contribution >= 4 is 50.7 Å². The third-order valence-electron chi connectivity index (χ3n) is 5.76. The number of hydrogen-bond acceptors (Lipinski definition) is 7. The van der Waals surface area contributed by atoms with Crippen LogP contribution < -0.4 is 0 Å². The summed E-state index contributed by atoms with van der Waals surface area (Å²) in [4.78, 5) is 10.2. The molecule has 4 heterocycles. The lowest BCUT2D eigenvalue weighted by atomic mass is 9.89. The van der Waals surface area contributed by atoms with Gasteiger partial charge in [-0.1, -0.05) is 30.4 Å². The van der Waals surface area contributed by atoms with Crippen molar-refractivity contribution in [2.45, 2.75) is 49.3 Å². The van der Waals surface area contributed by atoms with Crippen LogP contribution in [0, 0.1) is 5.92 Å². The average molecular weight is 420 g/mol. The fraction of sp³-hybridized carbons (Fsp3) is 0.632. The molecule has 2 aliphatic rings. The SMILES string of the molecule is CSc1nc2sc3c(c2c2nnc(SCCN4CCCC4)n12)CC[C@H](C)C3. The molecule has 1 saturated heterocycles. The van der Waals surface area contributed by atoms with Gasteiger partial charge in [0.15, 0.2) is 16.0 Å². The average Bonchev–Trinajstić information content (AvgIpc) is 3.38. The van der Waals surface area contributed by atoms with Crippen molar-refractivity contribution in [2.75, 3.05) is 31.6 Å². The molecular formula is C19H25N5S3. The molecule has 0 bridgehead atoms. The molecule has 1 fully saturated rings. The number of rotatable bonds is 5. The second-order valence-electron chi connectivity index (χ2n) is 7.67. The number of aromatic nitrogens is 4. The Morgan fingerprint density at radius 3 is 2.85 bits per heavy atom. The third kappa shape index (κ3) is 3.28. The summed E-state index contributed by atoms with van der Waals surface area (Å²) in [6, 6.07) is 0. The van der Waals surface area contributed by atoms with Crippen LogP contribution in [-0.4, -0.2) is 56.1 Å². The van der Waals surface area contributed by atoms with E-state index >= 15 is 0 Å². The van der Waals surface area contributed by atoms with Crippen LogP contribution in [0.2, 0.25) is 0 Å². The number of aryl methyl sites for hydroxylation is 1. The Morgan fingerprint density at radius 2 is 2.04 bits per heavy atom. The Bertz CT molecular complexity index is 973. The minimum atomic E-state index is 0.774. The number of hydrogen-bond donors (Lipinski definition) is 0. The largest absolute Gasteiger partial charge is 0.303 e. The minimum absolute atomic E-state index is 0.774. The Labute approximate surface area is 172 Å². The van der Waals surface area contributed by atoms with Crippen molar-refractivity contribution in [3.63, 3.8) is 0 Å². The van der Waals surface area contributed by atoms with Crippen LogP contribution in [-0.2, 0) is 12.8 Å². The van der Waals surface area contributed by atoms with Crippen molar-refractivity contribution < 1.29 is 0 Å². The van der Waals surface area contributed by atoms with E-state index in [9.17, 15) is 0 Å². The first kappa shape index (κ1) is 18.2. The number of fused-ring (bicyclic) bond motifs is 5. The van der Waals surface area contributed by atoms with Gasteiger partial charge < -0.3 is 4.90 Å². The Morgan fingerprint density at radius 1 is 1.19 bits per heavy atom. The molecule has 0 amide bonds. The van der Waals surface area contributed by atoms with Crippen molar-refractivity contribution in [1.29, 1.82) is 0 Å². The van der Waals surface area contributed by atoms with E-state index in [2.05, 4.69) is 32.7 Å². The molecule has 0 saturated carbocycles. The van der Waals surface area contributed by atoms with Gasteiger partial charge in [0.05, 0.1) is 5.39 Å². The molecule has 1 atom stereocenters. The highest BCUT2D eigenvalue weighted by molar-refractivity contribution is 7.99. The quantitative estimate of drug-likeness (QED) is 0.452. The molecular weight excluding hydrogens is 394 g/mol. The summed E-state index contributed by atoms with van der Waals surface area (Å²) < 4.78 is 2.20. The summed E-state index contributed by atoms with van der Waals surface area (Å²) in [6.07, 6.45) is 8.39. The summed E-state index contributed by atoms with van der Waals surface area (Å²) in [6.45, 7) is 5.99. The second-order valence-corrected chi connectivity index (χ2v) is 10.6. The molecule has 3 aromatic heterocycles. The predicted octanol–water partition coefficient (Wildman–Crippen LogP) is 4.37. The maximum Gasteiger partial charge on any atom is 0.197 e. The molecule has 5 nitrogen and oxygen atoms in total. The van der Waals surface area contributed by atoms with Crippen LogP contribution in [0.4, 0.5) is 0 Å². The first-order chi connectivity index (χ1) is 13.2. The van der Waals surface area contributed by atoms with Crippen LogP contribution in [0.15, 0.2) is 10.3 Å². The molecule has 27 heavy (non-hydrogen) atoms. The third-order valence-corrected chi connectivity index (χ3v) is 8.45. The van der Waals surface area contributed by atoms with Crippen molar-refractivity contribution in [1.82, 2.24) is 24.5 Å². The Balaban J connectivity index is 1.52. The lowest BCUT2D eigenvalue weighted by molar-refractivity contribution is 0.362. The van der Waals surface area contributed by atoms with Gasteiger partial charge >= 0.3 is 0 Å². The van der Waals surface area contributed by atoms with Gasteiger partial charge in [-0.05, 0) is 62.9 Å². The van der Waals surface area contributed by atoms with Gasteiger partial charge in [0.1, 0.15) is 4.83 Å². The maximum atomic E-state index is 5.01. The summed E-state index contributed by atoms with van der Waals surface area (Å²) >= 11 is 5.38. The van der Waals surface area contributed by atoms with E-state index < -0.39 is 0 Å². The normalized spacial score (nSPS) is 20.7. The van der Waals surface area contributed by atoms with E-state index in [0.29, 0.717) is 0 Å². The molecule has 3 aromatic rings. The second kappa shape index (κ2) is 7.54. The number of thioether (sulfide) groups is 2. The molecule has 0 aromatic carbocycles. The van der Waals surface area contributed by atoms with E-state index in [1.165, 1.54) is 54.6 Å². The first-order valence-electron chi connectivity index (χ1n) is 9.83. The highest BCUT2D eigenvalue weighted by Crippen LogP contribution is 2.40. The molecule has 0 unspecified atom stereocenters. The summed E-state index contributed by atoms with van der Waals surface area (Å²) in [5, 5.41) is 12.5. The van der Waals surface area contributed by atoms with E-state index in [1.807, 2.05) is 23.1 Å². The number of likely N-dealkylation sites (tertiary alicyclic amines) is 1. The van der Waals surface area contributed by atoms with Gasteiger partial charge in [-0.15, -0.1) is 21.5 Å². The topological polar surface area (TPSA) is 46.3 Å². The van der Waals surface area contributed by atoms with Crippen molar-refractivity contribution in [3.8, 4) is 0 Å². The molecule has 0 spiro atoms. The van der Waals surface area contributed by atoms with E-state index in [-0.39, 0.29) is 0 Å². The van der Waals surface area contributed by atoms with Gasteiger partial charge in [0, 0.05) is 17.2 Å². The number of thiophene rings is 1. The van der Waals surface area contributed by atoms with Gasteiger partial charge in [-0.3, -0.25) is 0 Å². The number of nitrogens with zero attached hydrogens (tertiary/aromatic N) is 5. The summed E-state index contributed by atoms with van der Waals surface area (Å²) in [5.74, 6) is 1.84. The Hall–Kier alpha value is -0.830. The molecule has 1 aliphatic heterocycles. The van der Waals surface area contributed by atoms with Gasteiger partial charge in [-0.25, -0.2) is 9.38 Å². The van der Waals surface area contributed by atoms with Crippen LogP contribution in [0.25, 0.3) is 15.9 Å². The monoisotopic (exact) mass is 419 g/mol. The van der Waals surface area contributed by atoms with Gasteiger partial charge in [0.25, 0.3) is 0 Å². The van der Waals surface area contributed by atoms with Crippen molar-refractivity contribution in [2.24, 2.45) is 5.92 Å². The summed E-state index contributed by atoms with van der Waals surface area (Å²) in [5.41, 5.74) is 2.50. The standard InChI is InChI=1S/C19H25N5S3/c1-12-5-6-13-14(11-12)27-17-15(13)16-21-22-19(24(16)18(20-17)25-2)26-10-9-23-7-3-4-8-23/h12H,3-11H2,1-2H3/t12-/m0/s1.